The van der Waals surface area contributed by atoms with Gasteiger partial charge in [-0.2, -0.15) is 0 Å². The Labute approximate surface area is 169 Å². The van der Waals surface area contributed by atoms with Crippen LogP contribution in [0.3, 0.4) is 0 Å². The SMILES string of the molecule is C=CC(C)(C)C12CC3C(=O)Nc4ccccc4C(=O)N3C1Nc1cc(O)ccc12. The summed E-state index contributed by atoms with van der Waals surface area (Å²) in [7, 11) is 0. The van der Waals surface area contributed by atoms with Gasteiger partial charge in [0.1, 0.15) is 18.0 Å². The first kappa shape index (κ1) is 17.8. The van der Waals surface area contributed by atoms with Crippen LogP contribution in [0.5, 0.6) is 5.75 Å². The van der Waals surface area contributed by atoms with Crippen molar-refractivity contribution >= 4 is 23.2 Å². The van der Waals surface area contributed by atoms with E-state index in [9.17, 15) is 14.7 Å². The monoisotopic (exact) mass is 389 g/mol. The molecular weight excluding hydrogens is 366 g/mol. The third-order valence-corrected chi connectivity index (χ3v) is 6.98. The number of phenols is 1. The molecule has 3 N–H and O–H groups in total. The van der Waals surface area contributed by atoms with Gasteiger partial charge in [0.2, 0.25) is 5.91 Å². The summed E-state index contributed by atoms with van der Waals surface area (Å²) in [5.74, 6) is -0.205. The topological polar surface area (TPSA) is 81.7 Å². The average Bonchev–Trinajstić information content (AvgIpc) is 3.16. The molecule has 2 aromatic rings. The fourth-order valence-electron chi connectivity index (χ4n) is 5.33. The zero-order valence-electron chi connectivity index (χ0n) is 16.4. The molecule has 3 aliphatic rings. The molecule has 3 aliphatic heterocycles. The molecule has 5 rings (SSSR count). The highest BCUT2D eigenvalue weighted by atomic mass is 16.3. The van der Waals surface area contributed by atoms with Crippen molar-refractivity contribution in [2.24, 2.45) is 5.41 Å². The number of nitrogens with one attached hydrogen (secondary N) is 2. The Morgan fingerprint density at radius 3 is 2.72 bits per heavy atom. The molecule has 0 aliphatic carbocycles. The van der Waals surface area contributed by atoms with E-state index in [0.717, 1.165) is 11.3 Å². The van der Waals surface area contributed by atoms with Crippen molar-refractivity contribution in [1.82, 2.24) is 4.90 Å². The molecule has 0 radical (unpaired) electrons. The summed E-state index contributed by atoms with van der Waals surface area (Å²) < 4.78 is 0. The Morgan fingerprint density at radius 2 is 1.97 bits per heavy atom. The van der Waals surface area contributed by atoms with Gasteiger partial charge in [-0.1, -0.05) is 38.1 Å². The van der Waals surface area contributed by atoms with Crippen LogP contribution in [-0.4, -0.2) is 34.0 Å². The van der Waals surface area contributed by atoms with Gasteiger partial charge in [0.25, 0.3) is 5.91 Å². The first-order valence-electron chi connectivity index (χ1n) is 9.76. The van der Waals surface area contributed by atoms with E-state index in [2.05, 4.69) is 31.1 Å². The third kappa shape index (κ3) is 2.11. The van der Waals surface area contributed by atoms with E-state index in [1.165, 1.54) is 0 Å². The Kier molecular flexibility index (Phi) is 3.45. The maximum atomic E-state index is 13.6. The molecule has 2 amide bonds. The van der Waals surface area contributed by atoms with E-state index >= 15 is 0 Å². The third-order valence-electron chi connectivity index (χ3n) is 6.98. The zero-order valence-corrected chi connectivity index (χ0v) is 16.4. The van der Waals surface area contributed by atoms with E-state index < -0.39 is 23.0 Å². The summed E-state index contributed by atoms with van der Waals surface area (Å²) in [4.78, 5) is 28.4. The lowest BCUT2D eigenvalue weighted by Gasteiger charge is -2.43. The summed E-state index contributed by atoms with van der Waals surface area (Å²) in [6.45, 7) is 8.22. The van der Waals surface area contributed by atoms with Crippen LogP contribution in [0.15, 0.2) is 55.1 Å². The van der Waals surface area contributed by atoms with Crippen molar-refractivity contribution in [2.75, 3.05) is 10.6 Å². The molecular formula is C23H23N3O3. The summed E-state index contributed by atoms with van der Waals surface area (Å²) in [6.07, 6.45) is 1.93. The standard InChI is InChI=1S/C23H23N3O3/c1-4-22(2,3)23-12-18-19(28)24-16-8-6-5-7-14(16)20(29)26(18)21(23)25-17-11-13(27)9-10-15(17)23/h4-11,18,21,25,27H,1,12H2,2-3H3,(H,24,28). The summed E-state index contributed by atoms with van der Waals surface area (Å²) >= 11 is 0. The number of nitrogens with zero attached hydrogens (tertiary/aromatic N) is 1. The predicted octanol–water partition coefficient (Wildman–Crippen LogP) is 3.46. The van der Waals surface area contributed by atoms with Gasteiger partial charge in [-0.3, -0.25) is 9.59 Å². The van der Waals surface area contributed by atoms with E-state index in [1.54, 1.807) is 41.3 Å². The number of fused-ring (bicyclic) bond motifs is 6. The van der Waals surface area contributed by atoms with Crippen LogP contribution in [0.25, 0.3) is 0 Å². The molecule has 0 aromatic heterocycles. The number of benzene rings is 2. The second-order valence-electron chi connectivity index (χ2n) is 8.64. The van der Waals surface area contributed by atoms with Crippen LogP contribution in [0.1, 0.15) is 36.2 Å². The number of carbonyl (C=O) groups excluding carboxylic acids is 2. The highest BCUT2D eigenvalue weighted by Gasteiger charge is 2.66. The van der Waals surface area contributed by atoms with Crippen molar-refractivity contribution < 1.29 is 14.7 Å². The molecule has 2 aromatic carbocycles. The number of hydrogen-bond acceptors (Lipinski definition) is 4. The Bertz CT molecular complexity index is 1080. The summed E-state index contributed by atoms with van der Waals surface area (Å²) in [5.41, 5.74) is 1.83. The Morgan fingerprint density at radius 1 is 1.21 bits per heavy atom. The molecule has 1 saturated heterocycles. The van der Waals surface area contributed by atoms with Gasteiger partial charge in [0.15, 0.2) is 0 Å². The van der Waals surface area contributed by atoms with Crippen LogP contribution in [0, 0.1) is 5.41 Å². The fraction of sp³-hybridized carbons (Fsp3) is 0.304. The Balaban J connectivity index is 1.74. The minimum atomic E-state index is -0.603. The number of para-hydroxylation sites is 1. The van der Waals surface area contributed by atoms with Crippen LogP contribution in [0.4, 0.5) is 11.4 Å². The molecule has 0 bridgehead atoms. The molecule has 6 nitrogen and oxygen atoms in total. The molecule has 0 saturated carbocycles. The number of hydrogen-bond donors (Lipinski definition) is 3. The van der Waals surface area contributed by atoms with Gasteiger partial charge < -0.3 is 20.6 Å². The molecule has 29 heavy (non-hydrogen) atoms. The number of carbonyl (C=O) groups is 2. The van der Waals surface area contributed by atoms with Gasteiger partial charge in [-0.15, -0.1) is 6.58 Å². The number of rotatable bonds is 2. The highest BCUT2D eigenvalue weighted by Crippen LogP contribution is 2.60. The lowest BCUT2D eigenvalue weighted by atomic mass is 9.60. The van der Waals surface area contributed by atoms with Crippen molar-refractivity contribution in [3.63, 3.8) is 0 Å². The van der Waals surface area contributed by atoms with Crippen molar-refractivity contribution in [3.05, 3.63) is 66.2 Å². The van der Waals surface area contributed by atoms with Crippen LogP contribution < -0.4 is 10.6 Å². The normalized spacial score (nSPS) is 27.2. The van der Waals surface area contributed by atoms with Crippen LogP contribution >= 0.6 is 0 Å². The van der Waals surface area contributed by atoms with Gasteiger partial charge in [-0.05, 0) is 35.6 Å². The van der Waals surface area contributed by atoms with Gasteiger partial charge in [0.05, 0.1) is 11.3 Å². The molecule has 0 spiro atoms. The number of allylic oxidation sites excluding steroid dienone is 1. The minimum Gasteiger partial charge on any atom is -0.508 e. The second kappa shape index (κ2) is 5.63. The van der Waals surface area contributed by atoms with E-state index in [-0.39, 0.29) is 17.6 Å². The summed E-state index contributed by atoms with van der Waals surface area (Å²) in [6, 6.07) is 11.7. The van der Waals surface area contributed by atoms with Crippen molar-refractivity contribution in [1.29, 1.82) is 0 Å². The maximum Gasteiger partial charge on any atom is 0.258 e. The lowest BCUT2D eigenvalue weighted by Crippen LogP contribution is -2.53. The fourth-order valence-corrected chi connectivity index (χ4v) is 5.33. The zero-order chi connectivity index (χ0) is 20.6. The van der Waals surface area contributed by atoms with Gasteiger partial charge in [0, 0.05) is 17.2 Å². The lowest BCUT2D eigenvalue weighted by molar-refractivity contribution is -0.119. The number of aromatic hydroxyl groups is 1. The largest absolute Gasteiger partial charge is 0.508 e. The smallest absolute Gasteiger partial charge is 0.258 e. The van der Waals surface area contributed by atoms with Crippen LogP contribution in [0.2, 0.25) is 0 Å². The minimum absolute atomic E-state index is 0.157. The maximum absolute atomic E-state index is 13.6. The van der Waals surface area contributed by atoms with Gasteiger partial charge >= 0.3 is 0 Å². The number of anilines is 2. The highest BCUT2D eigenvalue weighted by molar-refractivity contribution is 6.10. The quantitative estimate of drug-likeness (QED) is 0.687. The van der Waals surface area contributed by atoms with E-state index in [0.29, 0.717) is 17.7 Å². The summed E-state index contributed by atoms with van der Waals surface area (Å²) in [5, 5.41) is 16.4. The molecule has 3 atom stereocenters. The van der Waals surface area contributed by atoms with E-state index in [1.807, 2.05) is 12.1 Å². The molecule has 6 heteroatoms. The second-order valence-corrected chi connectivity index (χ2v) is 8.64. The number of amides is 2. The Hall–Kier alpha value is -3.28. The predicted molar refractivity (Wildman–Crippen MR) is 111 cm³/mol. The molecule has 3 unspecified atom stereocenters. The van der Waals surface area contributed by atoms with Crippen molar-refractivity contribution in [2.45, 2.75) is 37.9 Å². The van der Waals surface area contributed by atoms with Crippen LogP contribution in [-0.2, 0) is 10.2 Å². The van der Waals surface area contributed by atoms with Gasteiger partial charge in [-0.25, -0.2) is 0 Å². The number of phenolic OH excluding ortho intramolecular Hbond substituents is 1. The first-order chi connectivity index (χ1) is 13.8. The molecule has 148 valence electrons. The van der Waals surface area contributed by atoms with Crippen molar-refractivity contribution in [3.8, 4) is 5.75 Å². The molecule has 1 fully saturated rings. The molecule has 3 heterocycles. The average molecular weight is 389 g/mol. The first-order valence-corrected chi connectivity index (χ1v) is 9.76. The van der Waals surface area contributed by atoms with E-state index in [4.69, 9.17) is 0 Å².